The SMILES string of the molecule is CNS(=O)(=O)c1cccc(CNC(=O)C(C)C2CNC2)c1.Cl. The lowest BCUT2D eigenvalue weighted by Crippen LogP contribution is -2.49. The molecule has 0 saturated carbocycles. The molecule has 3 N–H and O–H groups in total. The zero-order valence-electron chi connectivity index (χ0n) is 12.6. The van der Waals surface area contributed by atoms with Gasteiger partial charge in [-0.05, 0) is 43.8 Å². The van der Waals surface area contributed by atoms with E-state index in [1.165, 1.54) is 13.1 Å². The van der Waals surface area contributed by atoms with Crippen LogP contribution in [0.4, 0.5) is 0 Å². The molecule has 22 heavy (non-hydrogen) atoms. The smallest absolute Gasteiger partial charge is 0.240 e. The van der Waals surface area contributed by atoms with Gasteiger partial charge in [0.25, 0.3) is 0 Å². The van der Waals surface area contributed by atoms with Gasteiger partial charge in [0.2, 0.25) is 15.9 Å². The summed E-state index contributed by atoms with van der Waals surface area (Å²) in [5, 5.41) is 6.01. The summed E-state index contributed by atoms with van der Waals surface area (Å²) in [6.45, 7) is 4.01. The van der Waals surface area contributed by atoms with E-state index in [-0.39, 0.29) is 29.1 Å². The number of halogens is 1. The molecule has 124 valence electrons. The van der Waals surface area contributed by atoms with Crippen molar-refractivity contribution in [2.75, 3.05) is 20.1 Å². The third kappa shape index (κ3) is 4.42. The van der Waals surface area contributed by atoms with Gasteiger partial charge in [0.05, 0.1) is 4.90 Å². The minimum atomic E-state index is -3.45. The van der Waals surface area contributed by atoms with E-state index in [9.17, 15) is 13.2 Å². The monoisotopic (exact) mass is 347 g/mol. The lowest BCUT2D eigenvalue weighted by Gasteiger charge is -2.31. The lowest BCUT2D eigenvalue weighted by atomic mass is 9.88. The van der Waals surface area contributed by atoms with E-state index in [1.807, 2.05) is 6.92 Å². The number of carbonyl (C=O) groups excluding carboxylic acids is 1. The molecule has 1 saturated heterocycles. The summed E-state index contributed by atoms with van der Waals surface area (Å²) >= 11 is 0. The first kappa shape index (κ1) is 18.9. The first-order chi connectivity index (χ1) is 9.94. The Labute approximate surface area is 137 Å². The van der Waals surface area contributed by atoms with Crippen molar-refractivity contribution >= 4 is 28.3 Å². The van der Waals surface area contributed by atoms with Crippen molar-refractivity contribution in [2.24, 2.45) is 11.8 Å². The van der Waals surface area contributed by atoms with E-state index in [1.54, 1.807) is 18.2 Å². The highest BCUT2D eigenvalue weighted by atomic mass is 35.5. The van der Waals surface area contributed by atoms with E-state index < -0.39 is 10.0 Å². The average molecular weight is 348 g/mol. The van der Waals surface area contributed by atoms with Crippen LogP contribution in [0.2, 0.25) is 0 Å². The summed E-state index contributed by atoms with van der Waals surface area (Å²) < 4.78 is 25.7. The largest absolute Gasteiger partial charge is 0.352 e. The first-order valence-corrected chi connectivity index (χ1v) is 8.43. The summed E-state index contributed by atoms with van der Waals surface area (Å²) in [5.74, 6) is 0.361. The van der Waals surface area contributed by atoms with Crippen LogP contribution in [-0.2, 0) is 21.4 Å². The molecule has 0 aliphatic carbocycles. The van der Waals surface area contributed by atoms with Crippen molar-refractivity contribution in [3.8, 4) is 0 Å². The van der Waals surface area contributed by atoms with Gasteiger partial charge in [-0.15, -0.1) is 12.4 Å². The van der Waals surface area contributed by atoms with Gasteiger partial charge < -0.3 is 10.6 Å². The maximum atomic E-state index is 12.0. The molecule has 8 heteroatoms. The predicted octanol–water partition coefficient (Wildman–Crippen LogP) is 0.488. The van der Waals surface area contributed by atoms with Gasteiger partial charge in [-0.2, -0.15) is 0 Å². The minimum absolute atomic E-state index is 0. The first-order valence-electron chi connectivity index (χ1n) is 6.95. The van der Waals surface area contributed by atoms with Gasteiger partial charge in [-0.1, -0.05) is 19.1 Å². The minimum Gasteiger partial charge on any atom is -0.352 e. The van der Waals surface area contributed by atoms with Crippen LogP contribution in [0.1, 0.15) is 12.5 Å². The fourth-order valence-electron chi connectivity index (χ4n) is 2.17. The Morgan fingerprint density at radius 3 is 2.64 bits per heavy atom. The molecule has 1 aromatic rings. The number of sulfonamides is 1. The highest BCUT2D eigenvalue weighted by Gasteiger charge is 2.28. The summed E-state index contributed by atoms with van der Waals surface area (Å²) in [4.78, 5) is 12.2. The summed E-state index contributed by atoms with van der Waals surface area (Å²) in [7, 11) is -2.08. The standard InChI is InChI=1S/C14H21N3O3S.ClH/c1-10(12-8-16-9-12)14(18)17-7-11-4-3-5-13(6-11)21(19,20)15-2;/h3-6,10,12,15-16H,7-9H2,1-2H3,(H,17,18);1H. The molecule has 1 fully saturated rings. The van der Waals surface area contributed by atoms with Gasteiger partial charge in [0, 0.05) is 12.5 Å². The molecular formula is C14H22ClN3O3S. The maximum absolute atomic E-state index is 12.0. The number of amides is 1. The molecule has 1 aromatic carbocycles. The van der Waals surface area contributed by atoms with Crippen molar-refractivity contribution in [1.82, 2.24) is 15.4 Å². The molecule has 6 nitrogen and oxygen atoms in total. The van der Waals surface area contributed by atoms with Crippen molar-refractivity contribution in [2.45, 2.75) is 18.4 Å². The molecule has 0 bridgehead atoms. The van der Waals surface area contributed by atoms with Crippen LogP contribution < -0.4 is 15.4 Å². The van der Waals surface area contributed by atoms with E-state index in [4.69, 9.17) is 0 Å². The van der Waals surface area contributed by atoms with Crippen molar-refractivity contribution in [1.29, 1.82) is 0 Å². The fraction of sp³-hybridized carbons (Fsp3) is 0.500. The van der Waals surface area contributed by atoms with Crippen LogP contribution in [0.5, 0.6) is 0 Å². The van der Waals surface area contributed by atoms with Gasteiger partial charge in [-0.25, -0.2) is 13.1 Å². The Bertz CT molecular complexity index is 618. The number of rotatable bonds is 6. The quantitative estimate of drug-likeness (QED) is 0.699. The van der Waals surface area contributed by atoms with Crippen LogP contribution >= 0.6 is 12.4 Å². The molecule has 2 rings (SSSR count). The Hall–Kier alpha value is -1.15. The fourth-order valence-corrected chi connectivity index (χ4v) is 2.97. The number of hydrogen-bond donors (Lipinski definition) is 3. The molecule has 0 aromatic heterocycles. The second kappa shape index (κ2) is 7.92. The van der Waals surface area contributed by atoms with Crippen LogP contribution in [0.3, 0.4) is 0 Å². The van der Waals surface area contributed by atoms with Crippen LogP contribution in [0, 0.1) is 11.8 Å². The van der Waals surface area contributed by atoms with Crippen LogP contribution in [-0.4, -0.2) is 34.5 Å². The summed E-state index contributed by atoms with van der Waals surface area (Å²) in [6, 6.07) is 6.57. The van der Waals surface area contributed by atoms with Crippen LogP contribution in [0.25, 0.3) is 0 Å². The van der Waals surface area contributed by atoms with Crippen molar-refractivity contribution < 1.29 is 13.2 Å². The van der Waals surface area contributed by atoms with Crippen molar-refractivity contribution in [3.63, 3.8) is 0 Å². The van der Waals surface area contributed by atoms with Gasteiger partial charge >= 0.3 is 0 Å². The normalized spacial score (nSPS) is 16.3. The Morgan fingerprint density at radius 2 is 2.09 bits per heavy atom. The third-order valence-electron chi connectivity index (χ3n) is 3.88. The average Bonchev–Trinajstić information content (AvgIpc) is 2.43. The van der Waals surface area contributed by atoms with Gasteiger partial charge in [0.15, 0.2) is 0 Å². The van der Waals surface area contributed by atoms with Gasteiger partial charge in [-0.3, -0.25) is 4.79 Å². The van der Waals surface area contributed by atoms with E-state index in [0.29, 0.717) is 12.5 Å². The van der Waals surface area contributed by atoms with Crippen LogP contribution in [0.15, 0.2) is 29.2 Å². The molecule has 1 unspecified atom stereocenters. The molecule has 0 spiro atoms. The number of benzene rings is 1. The Balaban J connectivity index is 0.00000242. The van der Waals surface area contributed by atoms with Crippen molar-refractivity contribution in [3.05, 3.63) is 29.8 Å². The highest BCUT2D eigenvalue weighted by molar-refractivity contribution is 7.89. The molecule has 1 aliphatic rings. The highest BCUT2D eigenvalue weighted by Crippen LogP contribution is 2.16. The molecule has 1 aliphatic heterocycles. The topological polar surface area (TPSA) is 87.3 Å². The van der Waals surface area contributed by atoms with E-state index in [0.717, 1.165) is 18.7 Å². The Kier molecular flexibility index (Phi) is 6.80. The predicted molar refractivity (Wildman–Crippen MR) is 87.3 cm³/mol. The number of nitrogens with one attached hydrogen (secondary N) is 3. The second-order valence-corrected chi connectivity index (χ2v) is 7.17. The summed E-state index contributed by atoms with van der Waals surface area (Å²) in [6.07, 6.45) is 0. The second-order valence-electron chi connectivity index (χ2n) is 5.28. The third-order valence-corrected chi connectivity index (χ3v) is 5.29. The zero-order chi connectivity index (χ0) is 15.5. The zero-order valence-corrected chi connectivity index (χ0v) is 14.3. The Morgan fingerprint density at radius 1 is 1.41 bits per heavy atom. The maximum Gasteiger partial charge on any atom is 0.240 e. The molecule has 1 amide bonds. The van der Waals surface area contributed by atoms with E-state index in [2.05, 4.69) is 15.4 Å². The van der Waals surface area contributed by atoms with E-state index >= 15 is 0 Å². The summed E-state index contributed by atoms with van der Waals surface area (Å²) in [5.41, 5.74) is 0.763. The van der Waals surface area contributed by atoms with Gasteiger partial charge in [0.1, 0.15) is 0 Å². The molecule has 0 radical (unpaired) electrons. The molecular weight excluding hydrogens is 326 g/mol. The lowest BCUT2D eigenvalue weighted by molar-refractivity contribution is -0.126. The number of hydrogen-bond acceptors (Lipinski definition) is 4. The number of carbonyl (C=O) groups is 1. The molecule has 1 atom stereocenters. The molecule has 1 heterocycles.